The highest BCUT2D eigenvalue weighted by Gasteiger charge is 2.25. The van der Waals surface area contributed by atoms with E-state index in [1.54, 1.807) is 35.4 Å². The fourth-order valence-corrected chi connectivity index (χ4v) is 3.44. The maximum atomic E-state index is 12.3. The molecule has 1 fully saturated rings. The smallest absolute Gasteiger partial charge is 0.250 e. The third-order valence-corrected chi connectivity index (χ3v) is 4.96. The first-order chi connectivity index (χ1) is 14.1. The summed E-state index contributed by atoms with van der Waals surface area (Å²) in [4.78, 5) is 35.1. The lowest BCUT2D eigenvalue weighted by atomic mass is 10.2. The van der Waals surface area contributed by atoms with Crippen molar-refractivity contribution in [2.45, 2.75) is 25.4 Å². The summed E-state index contributed by atoms with van der Waals surface area (Å²) in [6, 6.07) is 6.87. The van der Waals surface area contributed by atoms with Gasteiger partial charge < -0.3 is 14.8 Å². The third-order valence-electron chi connectivity index (χ3n) is 4.96. The lowest BCUT2D eigenvalue weighted by Gasteiger charge is -2.17. The van der Waals surface area contributed by atoms with Gasteiger partial charge in [0.25, 0.3) is 5.56 Å². The number of carbonyl (C=O) groups excluding carboxylic acids is 1. The van der Waals surface area contributed by atoms with Crippen molar-refractivity contribution in [2.75, 3.05) is 18.0 Å². The lowest BCUT2D eigenvalue weighted by Crippen LogP contribution is -2.38. The van der Waals surface area contributed by atoms with E-state index in [2.05, 4.69) is 25.3 Å². The number of carbonyl (C=O) groups is 1. The van der Waals surface area contributed by atoms with Crippen molar-refractivity contribution in [3.8, 4) is 11.3 Å². The van der Waals surface area contributed by atoms with Crippen molar-refractivity contribution < 1.29 is 4.79 Å². The minimum absolute atomic E-state index is 0.0423. The number of amides is 1. The van der Waals surface area contributed by atoms with Gasteiger partial charge in [-0.1, -0.05) is 6.07 Å². The van der Waals surface area contributed by atoms with Gasteiger partial charge in [0.1, 0.15) is 0 Å². The predicted octanol–water partition coefficient (Wildman–Crippen LogP) is 0.824. The Labute approximate surface area is 168 Å². The summed E-state index contributed by atoms with van der Waals surface area (Å²) in [7, 11) is 1.87. The topological polar surface area (TPSA) is 97.9 Å². The Kier molecular flexibility index (Phi) is 5.37. The van der Waals surface area contributed by atoms with E-state index in [-0.39, 0.29) is 23.9 Å². The molecule has 0 saturated carbocycles. The molecule has 29 heavy (non-hydrogen) atoms. The van der Waals surface area contributed by atoms with Gasteiger partial charge >= 0.3 is 0 Å². The molecule has 9 nitrogen and oxygen atoms in total. The Morgan fingerprint density at radius 3 is 3.00 bits per heavy atom. The van der Waals surface area contributed by atoms with Crippen LogP contribution in [0.3, 0.4) is 0 Å². The second-order valence-corrected chi connectivity index (χ2v) is 7.13. The molecule has 1 N–H and O–H groups in total. The van der Waals surface area contributed by atoms with Gasteiger partial charge in [0.05, 0.1) is 11.9 Å². The number of aryl methyl sites for hydroxylation is 2. The third kappa shape index (κ3) is 4.50. The molecular formula is C20H23N7O2. The van der Waals surface area contributed by atoms with E-state index >= 15 is 0 Å². The molecule has 4 heterocycles. The average molecular weight is 393 g/mol. The fourth-order valence-electron chi connectivity index (χ4n) is 3.44. The number of rotatable bonds is 6. The van der Waals surface area contributed by atoms with Gasteiger partial charge in [-0.05, 0) is 18.6 Å². The summed E-state index contributed by atoms with van der Waals surface area (Å²) in [5, 5.41) is 7.24. The molecule has 1 atom stereocenters. The van der Waals surface area contributed by atoms with Crippen LogP contribution < -0.4 is 15.8 Å². The summed E-state index contributed by atoms with van der Waals surface area (Å²) < 4.78 is 3.28. The largest absolute Gasteiger partial charge is 0.351 e. The molecule has 0 bridgehead atoms. The van der Waals surface area contributed by atoms with Gasteiger partial charge in [-0.3, -0.25) is 14.3 Å². The number of hydrogen-bond acceptors (Lipinski definition) is 6. The summed E-state index contributed by atoms with van der Waals surface area (Å²) in [5.74, 6) is 0.594. The molecule has 1 amide bonds. The first-order valence-corrected chi connectivity index (χ1v) is 9.60. The number of anilines is 1. The van der Waals surface area contributed by atoms with E-state index < -0.39 is 0 Å². The summed E-state index contributed by atoms with van der Waals surface area (Å²) in [5.41, 5.74) is 1.67. The molecule has 3 aromatic heterocycles. The Hall–Kier alpha value is -3.49. The minimum Gasteiger partial charge on any atom is -0.351 e. The van der Waals surface area contributed by atoms with Gasteiger partial charge in [0.15, 0.2) is 0 Å². The molecule has 0 spiro atoms. The summed E-state index contributed by atoms with van der Waals surface area (Å²) >= 11 is 0. The molecular weight excluding hydrogens is 370 g/mol. The Morgan fingerprint density at radius 1 is 1.31 bits per heavy atom. The van der Waals surface area contributed by atoms with Gasteiger partial charge in [-0.2, -0.15) is 5.10 Å². The zero-order chi connectivity index (χ0) is 20.2. The Morgan fingerprint density at radius 2 is 2.21 bits per heavy atom. The van der Waals surface area contributed by atoms with Gasteiger partial charge in [-0.25, -0.2) is 9.97 Å². The SMILES string of the molecule is Cn1cc(-c2ccnc(N3CCC(NC(=O)CCn4ccccc4=O)C3)n2)cn1. The van der Waals surface area contributed by atoms with E-state index in [4.69, 9.17) is 0 Å². The van der Waals surface area contributed by atoms with Crippen LogP contribution in [0.15, 0.2) is 53.8 Å². The summed E-state index contributed by atoms with van der Waals surface area (Å²) in [6.45, 7) is 1.81. The van der Waals surface area contributed by atoms with Crippen molar-refractivity contribution in [1.29, 1.82) is 0 Å². The van der Waals surface area contributed by atoms with Gasteiger partial charge in [-0.15, -0.1) is 0 Å². The maximum absolute atomic E-state index is 12.3. The van der Waals surface area contributed by atoms with E-state index in [1.807, 2.05) is 19.3 Å². The highest BCUT2D eigenvalue weighted by atomic mass is 16.2. The molecule has 1 aliphatic rings. The van der Waals surface area contributed by atoms with Crippen molar-refractivity contribution in [2.24, 2.45) is 7.05 Å². The van der Waals surface area contributed by atoms with Crippen LogP contribution in [0.5, 0.6) is 0 Å². The van der Waals surface area contributed by atoms with Crippen molar-refractivity contribution in [1.82, 2.24) is 29.6 Å². The highest BCUT2D eigenvalue weighted by molar-refractivity contribution is 5.76. The number of aromatic nitrogens is 5. The molecule has 0 radical (unpaired) electrons. The van der Waals surface area contributed by atoms with Crippen LogP contribution in [0.25, 0.3) is 11.3 Å². The van der Waals surface area contributed by atoms with Crippen LogP contribution in [0.1, 0.15) is 12.8 Å². The average Bonchev–Trinajstić information content (AvgIpc) is 3.37. The zero-order valence-corrected chi connectivity index (χ0v) is 16.2. The van der Waals surface area contributed by atoms with E-state index in [1.165, 1.54) is 10.6 Å². The number of nitrogens with zero attached hydrogens (tertiary/aromatic N) is 6. The van der Waals surface area contributed by atoms with Crippen LogP contribution in [-0.4, -0.2) is 49.4 Å². The van der Waals surface area contributed by atoms with Crippen LogP contribution in [0, 0.1) is 0 Å². The minimum atomic E-state index is -0.0991. The second kappa shape index (κ2) is 8.26. The fraction of sp³-hybridized carbons (Fsp3) is 0.350. The van der Waals surface area contributed by atoms with E-state index in [0.717, 1.165) is 24.2 Å². The van der Waals surface area contributed by atoms with Gasteiger partial charge in [0.2, 0.25) is 11.9 Å². The number of hydrogen-bond donors (Lipinski definition) is 1. The van der Waals surface area contributed by atoms with E-state index in [9.17, 15) is 9.59 Å². The molecule has 1 saturated heterocycles. The summed E-state index contributed by atoms with van der Waals surface area (Å²) in [6.07, 6.45) is 8.23. The Balaban J connectivity index is 1.33. The van der Waals surface area contributed by atoms with Gasteiger partial charge in [0, 0.05) is 69.4 Å². The molecule has 1 unspecified atom stereocenters. The first-order valence-electron chi connectivity index (χ1n) is 9.60. The standard InChI is InChI=1S/C20H23N7O2/c1-25-13-15(12-22-25)17-5-8-21-20(24-17)27-10-6-16(14-27)23-18(28)7-11-26-9-3-2-4-19(26)29/h2-5,8-9,12-13,16H,6-7,10-11,14H2,1H3,(H,23,28). The van der Waals surface area contributed by atoms with E-state index in [0.29, 0.717) is 19.0 Å². The molecule has 9 heteroatoms. The predicted molar refractivity (Wildman–Crippen MR) is 108 cm³/mol. The molecule has 0 aliphatic carbocycles. The van der Waals surface area contributed by atoms with Crippen LogP contribution in [0.4, 0.5) is 5.95 Å². The van der Waals surface area contributed by atoms with Crippen LogP contribution in [-0.2, 0) is 18.4 Å². The Bertz CT molecular complexity index is 1060. The highest BCUT2D eigenvalue weighted by Crippen LogP contribution is 2.21. The number of pyridine rings is 1. The quantitative estimate of drug-likeness (QED) is 0.666. The normalized spacial score (nSPS) is 16.2. The monoisotopic (exact) mass is 393 g/mol. The zero-order valence-electron chi connectivity index (χ0n) is 16.2. The maximum Gasteiger partial charge on any atom is 0.250 e. The van der Waals surface area contributed by atoms with Crippen molar-refractivity contribution in [3.05, 3.63) is 59.4 Å². The molecule has 0 aromatic carbocycles. The van der Waals surface area contributed by atoms with Crippen molar-refractivity contribution >= 4 is 11.9 Å². The van der Waals surface area contributed by atoms with Crippen LogP contribution >= 0.6 is 0 Å². The second-order valence-electron chi connectivity index (χ2n) is 7.13. The molecule has 150 valence electrons. The number of nitrogens with one attached hydrogen (secondary N) is 1. The van der Waals surface area contributed by atoms with Crippen LogP contribution in [0.2, 0.25) is 0 Å². The molecule has 3 aromatic rings. The van der Waals surface area contributed by atoms with Crippen molar-refractivity contribution in [3.63, 3.8) is 0 Å². The lowest BCUT2D eigenvalue weighted by molar-refractivity contribution is -0.121. The molecule has 4 rings (SSSR count). The first kappa shape index (κ1) is 18.9. The molecule has 1 aliphatic heterocycles.